The highest BCUT2D eigenvalue weighted by atomic mass is 16.1. The van der Waals surface area contributed by atoms with E-state index >= 15 is 0 Å². The first-order valence-corrected chi connectivity index (χ1v) is 7.17. The SMILES string of the molecule is O=CC1=CC=CC2=CC=CC=CC=CC2=C(C=O)C(C=O)=C1C=O. The van der Waals surface area contributed by atoms with Gasteiger partial charge in [0, 0.05) is 22.3 Å². The Balaban J connectivity index is 2.94. The summed E-state index contributed by atoms with van der Waals surface area (Å²) in [5, 5.41) is 0. The third-order valence-corrected chi connectivity index (χ3v) is 3.51. The maximum absolute atomic E-state index is 11.7. The van der Waals surface area contributed by atoms with E-state index in [0.717, 1.165) is 0 Å². The summed E-state index contributed by atoms with van der Waals surface area (Å²) in [4.78, 5) is 46.0. The van der Waals surface area contributed by atoms with Gasteiger partial charge in [0.05, 0.1) is 0 Å². The van der Waals surface area contributed by atoms with Gasteiger partial charge >= 0.3 is 0 Å². The Morgan fingerprint density at radius 2 is 1.21 bits per heavy atom. The smallest absolute Gasteiger partial charge is 0.151 e. The molecule has 4 heteroatoms. The topological polar surface area (TPSA) is 68.3 Å². The fourth-order valence-corrected chi connectivity index (χ4v) is 2.36. The minimum absolute atomic E-state index is 0.0369. The van der Waals surface area contributed by atoms with Crippen LogP contribution in [-0.2, 0) is 19.2 Å². The average molecular weight is 318 g/mol. The van der Waals surface area contributed by atoms with Crippen LogP contribution in [0.1, 0.15) is 0 Å². The standard InChI is InChI=1S/C20H14O4/c21-11-16-9-6-8-15-7-4-2-1-3-5-10-17(15)19(13-23)20(14-24)18(16)12-22/h1-14H. The van der Waals surface area contributed by atoms with Gasteiger partial charge in [0.15, 0.2) is 25.1 Å². The third kappa shape index (κ3) is 3.50. The van der Waals surface area contributed by atoms with E-state index in [4.69, 9.17) is 0 Å². The highest BCUT2D eigenvalue weighted by Gasteiger charge is 2.19. The van der Waals surface area contributed by atoms with Gasteiger partial charge in [-0.3, -0.25) is 19.2 Å². The molecule has 118 valence electrons. The molecule has 0 saturated carbocycles. The second kappa shape index (κ2) is 8.29. The van der Waals surface area contributed by atoms with Gasteiger partial charge in [0.2, 0.25) is 0 Å². The number of carbonyl (C=O) groups excluding carboxylic acids is 4. The summed E-state index contributed by atoms with van der Waals surface area (Å²) in [7, 11) is 0. The molecule has 0 N–H and O–H groups in total. The van der Waals surface area contributed by atoms with Crippen molar-refractivity contribution in [3.63, 3.8) is 0 Å². The van der Waals surface area contributed by atoms with Crippen LogP contribution in [0, 0.1) is 0 Å². The lowest BCUT2D eigenvalue weighted by Crippen LogP contribution is -2.06. The van der Waals surface area contributed by atoms with Gasteiger partial charge in [-0.2, -0.15) is 0 Å². The molecular weight excluding hydrogens is 304 g/mol. The van der Waals surface area contributed by atoms with E-state index < -0.39 is 0 Å². The van der Waals surface area contributed by atoms with Crippen molar-refractivity contribution in [1.82, 2.24) is 0 Å². The first-order valence-electron chi connectivity index (χ1n) is 7.17. The van der Waals surface area contributed by atoms with E-state index in [1.54, 1.807) is 42.5 Å². The Hall–Kier alpha value is -3.40. The lowest BCUT2D eigenvalue weighted by atomic mass is 9.91. The van der Waals surface area contributed by atoms with Crippen LogP contribution in [0.4, 0.5) is 0 Å². The minimum Gasteiger partial charge on any atom is -0.298 e. The maximum Gasteiger partial charge on any atom is 0.151 e. The molecule has 4 nitrogen and oxygen atoms in total. The van der Waals surface area contributed by atoms with Crippen LogP contribution >= 0.6 is 0 Å². The molecule has 0 aliphatic heterocycles. The largest absolute Gasteiger partial charge is 0.298 e. The molecule has 0 amide bonds. The van der Waals surface area contributed by atoms with Gasteiger partial charge in [-0.1, -0.05) is 60.8 Å². The van der Waals surface area contributed by atoms with Crippen LogP contribution < -0.4 is 0 Å². The number of allylic oxidation sites excluding steroid dienone is 16. The Morgan fingerprint density at radius 1 is 0.542 bits per heavy atom. The molecule has 0 spiro atoms. The molecule has 0 saturated heterocycles. The molecule has 0 unspecified atom stereocenters. The summed E-state index contributed by atoms with van der Waals surface area (Å²) in [6.45, 7) is 0. The summed E-state index contributed by atoms with van der Waals surface area (Å²) in [6, 6.07) is 0. The van der Waals surface area contributed by atoms with Crippen LogP contribution in [0.3, 0.4) is 0 Å². The second-order valence-corrected chi connectivity index (χ2v) is 4.86. The molecule has 2 rings (SSSR count). The second-order valence-electron chi connectivity index (χ2n) is 4.86. The van der Waals surface area contributed by atoms with Crippen LogP contribution in [0.2, 0.25) is 0 Å². The van der Waals surface area contributed by atoms with Crippen molar-refractivity contribution >= 4 is 25.1 Å². The van der Waals surface area contributed by atoms with Crippen molar-refractivity contribution in [1.29, 1.82) is 0 Å². The number of fused-ring (bicyclic) bond motifs is 1. The molecule has 0 aromatic heterocycles. The molecule has 2 aliphatic carbocycles. The van der Waals surface area contributed by atoms with E-state index in [9.17, 15) is 19.2 Å². The zero-order valence-corrected chi connectivity index (χ0v) is 12.7. The third-order valence-electron chi connectivity index (χ3n) is 3.51. The first kappa shape index (κ1) is 17.0. The number of rotatable bonds is 4. The normalized spacial score (nSPS) is 17.3. The van der Waals surface area contributed by atoms with Crippen molar-refractivity contribution in [3.05, 3.63) is 94.2 Å². The average Bonchev–Trinajstić information content (AvgIpc) is 2.75. The van der Waals surface area contributed by atoms with E-state index in [1.165, 1.54) is 6.08 Å². The highest BCUT2D eigenvalue weighted by molar-refractivity contribution is 6.07. The molecule has 0 heterocycles. The van der Waals surface area contributed by atoms with Gasteiger partial charge in [0.25, 0.3) is 0 Å². The predicted molar refractivity (Wildman–Crippen MR) is 91.0 cm³/mol. The molecule has 0 atom stereocenters. The molecular formula is C20H14O4. The Bertz CT molecular complexity index is 822. The molecule has 0 fully saturated rings. The summed E-state index contributed by atoms with van der Waals surface area (Å²) < 4.78 is 0. The van der Waals surface area contributed by atoms with Crippen molar-refractivity contribution in [2.24, 2.45) is 0 Å². The van der Waals surface area contributed by atoms with Crippen LogP contribution in [0.25, 0.3) is 0 Å². The molecule has 0 aromatic rings. The number of aldehydes is 4. The molecule has 0 aromatic carbocycles. The first-order chi connectivity index (χ1) is 11.8. The Morgan fingerprint density at radius 3 is 1.88 bits per heavy atom. The number of hydrogen-bond acceptors (Lipinski definition) is 4. The fraction of sp³-hybridized carbons (Fsp3) is 0. The van der Waals surface area contributed by atoms with E-state index in [2.05, 4.69) is 0 Å². The highest BCUT2D eigenvalue weighted by Crippen LogP contribution is 2.27. The van der Waals surface area contributed by atoms with Gasteiger partial charge < -0.3 is 0 Å². The van der Waals surface area contributed by atoms with Crippen molar-refractivity contribution in [2.45, 2.75) is 0 Å². The quantitative estimate of drug-likeness (QED) is 0.747. The minimum atomic E-state index is -0.111. The molecule has 2 aliphatic rings. The van der Waals surface area contributed by atoms with Crippen molar-refractivity contribution in [3.8, 4) is 0 Å². The predicted octanol–water partition coefficient (Wildman–Crippen LogP) is 2.48. The number of carbonyl (C=O) groups is 4. The summed E-state index contributed by atoms with van der Waals surface area (Å²) >= 11 is 0. The van der Waals surface area contributed by atoms with E-state index in [-0.39, 0.29) is 22.3 Å². The van der Waals surface area contributed by atoms with Crippen LogP contribution in [-0.4, -0.2) is 25.1 Å². The number of hydrogen-bond donors (Lipinski definition) is 0. The molecule has 24 heavy (non-hydrogen) atoms. The fourth-order valence-electron chi connectivity index (χ4n) is 2.36. The summed E-state index contributed by atoms with van der Waals surface area (Å²) in [5.74, 6) is 0. The van der Waals surface area contributed by atoms with E-state index in [1.807, 2.05) is 12.2 Å². The molecule has 0 bridgehead atoms. The monoisotopic (exact) mass is 318 g/mol. The Labute approximate surface area is 139 Å². The Kier molecular flexibility index (Phi) is 5.86. The van der Waals surface area contributed by atoms with Crippen molar-refractivity contribution in [2.75, 3.05) is 0 Å². The summed E-state index contributed by atoms with van der Waals surface area (Å²) in [6.07, 6.45) is 19.0. The summed E-state index contributed by atoms with van der Waals surface area (Å²) in [5.41, 5.74) is 1.02. The van der Waals surface area contributed by atoms with Gasteiger partial charge in [-0.25, -0.2) is 0 Å². The van der Waals surface area contributed by atoms with Crippen LogP contribution in [0.5, 0.6) is 0 Å². The lowest BCUT2D eigenvalue weighted by Gasteiger charge is -2.10. The van der Waals surface area contributed by atoms with E-state index in [0.29, 0.717) is 36.3 Å². The van der Waals surface area contributed by atoms with Crippen LogP contribution in [0.15, 0.2) is 94.2 Å². The lowest BCUT2D eigenvalue weighted by molar-refractivity contribution is -0.108. The zero-order valence-electron chi connectivity index (χ0n) is 12.7. The van der Waals surface area contributed by atoms with Gasteiger partial charge in [0.1, 0.15) is 0 Å². The maximum atomic E-state index is 11.7. The van der Waals surface area contributed by atoms with Crippen molar-refractivity contribution < 1.29 is 19.2 Å². The van der Waals surface area contributed by atoms with Gasteiger partial charge in [-0.05, 0) is 11.1 Å². The van der Waals surface area contributed by atoms with Gasteiger partial charge in [-0.15, -0.1) is 0 Å². The molecule has 0 radical (unpaired) electrons. The zero-order chi connectivity index (χ0) is 17.4.